The average Bonchev–Trinajstić information content (AvgIpc) is 3.35. The number of furan rings is 1. The fourth-order valence-electron chi connectivity index (χ4n) is 3.74. The van der Waals surface area contributed by atoms with Crippen LogP contribution in [0, 0.1) is 6.92 Å². The SMILES string of the molecule is CCn1c(CCC(=O)N(C)Cc2cc(C(=O)OC)c(C)o2)nc2cc(S(=O)(=O)N(C)C)ccc21. The first-order chi connectivity index (χ1) is 16.0. The summed E-state index contributed by atoms with van der Waals surface area (Å²) >= 11 is 0. The van der Waals surface area contributed by atoms with E-state index >= 15 is 0 Å². The number of nitrogens with zero attached hydrogens (tertiary/aromatic N) is 4. The van der Waals surface area contributed by atoms with Gasteiger partial charge in [-0.3, -0.25) is 4.79 Å². The molecule has 34 heavy (non-hydrogen) atoms. The van der Waals surface area contributed by atoms with Gasteiger partial charge in [-0.2, -0.15) is 0 Å². The van der Waals surface area contributed by atoms with E-state index in [4.69, 9.17) is 9.15 Å². The largest absolute Gasteiger partial charge is 0.465 e. The second-order valence-electron chi connectivity index (χ2n) is 8.13. The Kier molecular flexibility index (Phi) is 7.47. The van der Waals surface area contributed by atoms with Gasteiger partial charge >= 0.3 is 5.97 Å². The Morgan fingerprint density at radius 2 is 1.88 bits per heavy atom. The van der Waals surface area contributed by atoms with Crippen LogP contribution in [0.25, 0.3) is 11.0 Å². The first kappa shape index (κ1) is 25.4. The van der Waals surface area contributed by atoms with Crippen molar-refractivity contribution in [1.29, 1.82) is 0 Å². The Balaban J connectivity index is 1.74. The van der Waals surface area contributed by atoms with Crippen molar-refractivity contribution in [3.63, 3.8) is 0 Å². The van der Waals surface area contributed by atoms with Gasteiger partial charge in [-0.1, -0.05) is 0 Å². The lowest BCUT2D eigenvalue weighted by Gasteiger charge is -2.15. The molecule has 10 nitrogen and oxygen atoms in total. The summed E-state index contributed by atoms with van der Waals surface area (Å²) in [4.78, 5) is 30.8. The van der Waals surface area contributed by atoms with Gasteiger partial charge in [0.05, 0.1) is 29.6 Å². The summed E-state index contributed by atoms with van der Waals surface area (Å²) in [6, 6.07) is 6.47. The number of ether oxygens (including phenoxy) is 1. The number of sulfonamides is 1. The van der Waals surface area contributed by atoms with E-state index < -0.39 is 16.0 Å². The summed E-state index contributed by atoms with van der Waals surface area (Å²) in [5.41, 5.74) is 1.73. The molecule has 0 atom stereocenters. The summed E-state index contributed by atoms with van der Waals surface area (Å²) < 4.78 is 38.4. The molecule has 0 aliphatic heterocycles. The average molecular weight is 491 g/mol. The molecule has 0 aliphatic rings. The van der Waals surface area contributed by atoms with Gasteiger partial charge in [0.1, 0.15) is 22.9 Å². The number of fused-ring (bicyclic) bond motifs is 1. The standard InChI is InChI=1S/C23H30N4O6S/c1-7-27-20-9-8-17(34(30,31)25(3)4)13-19(20)24-21(27)10-11-22(28)26(5)14-16-12-18(15(2)33-16)23(29)32-6/h8-9,12-13H,7,10-11,14H2,1-6H3. The zero-order valence-electron chi connectivity index (χ0n) is 20.3. The molecule has 0 saturated carbocycles. The monoisotopic (exact) mass is 490 g/mol. The lowest BCUT2D eigenvalue weighted by Crippen LogP contribution is -2.26. The number of imidazole rings is 1. The third kappa shape index (κ3) is 5.00. The molecule has 0 bridgehead atoms. The van der Waals surface area contributed by atoms with Crippen molar-refractivity contribution in [2.45, 2.75) is 44.7 Å². The zero-order valence-corrected chi connectivity index (χ0v) is 21.1. The van der Waals surface area contributed by atoms with Crippen molar-refractivity contribution >= 4 is 32.9 Å². The van der Waals surface area contributed by atoms with Gasteiger partial charge in [0, 0.05) is 40.5 Å². The van der Waals surface area contributed by atoms with Crippen molar-refractivity contribution in [3.8, 4) is 0 Å². The molecule has 0 spiro atoms. The summed E-state index contributed by atoms with van der Waals surface area (Å²) in [6.45, 7) is 4.49. The highest BCUT2D eigenvalue weighted by Crippen LogP contribution is 2.23. The van der Waals surface area contributed by atoms with Crippen LogP contribution in [0.3, 0.4) is 0 Å². The number of aryl methyl sites for hydroxylation is 3. The van der Waals surface area contributed by atoms with Crippen LogP contribution in [0.1, 0.15) is 41.0 Å². The molecule has 1 amide bonds. The number of methoxy groups -OCH3 is 1. The molecule has 0 radical (unpaired) electrons. The number of carbonyl (C=O) groups excluding carboxylic acids is 2. The van der Waals surface area contributed by atoms with E-state index in [1.54, 1.807) is 38.2 Å². The van der Waals surface area contributed by atoms with Crippen LogP contribution in [0.5, 0.6) is 0 Å². The predicted octanol–water partition coefficient (Wildman–Crippen LogP) is 2.59. The van der Waals surface area contributed by atoms with Crippen LogP contribution in [0.4, 0.5) is 0 Å². The van der Waals surface area contributed by atoms with Crippen LogP contribution in [-0.4, -0.2) is 67.3 Å². The van der Waals surface area contributed by atoms with Crippen LogP contribution < -0.4 is 0 Å². The van der Waals surface area contributed by atoms with Crippen molar-refractivity contribution in [2.24, 2.45) is 0 Å². The second-order valence-corrected chi connectivity index (χ2v) is 10.3. The van der Waals surface area contributed by atoms with E-state index in [1.807, 2.05) is 11.5 Å². The number of amides is 1. The van der Waals surface area contributed by atoms with Gasteiger partial charge in [0.15, 0.2) is 0 Å². The highest BCUT2D eigenvalue weighted by atomic mass is 32.2. The molecule has 2 heterocycles. The summed E-state index contributed by atoms with van der Waals surface area (Å²) in [7, 11) is 2.37. The molecule has 3 aromatic rings. The quantitative estimate of drug-likeness (QED) is 0.424. The summed E-state index contributed by atoms with van der Waals surface area (Å²) in [5, 5.41) is 0. The number of benzene rings is 1. The minimum Gasteiger partial charge on any atom is -0.465 e. The molecule has 0 aliphatic carbocycles. The Hall–Kier alpha value is -3.18. The molecule has 0 saturated heterocycles. The molecule has 11 heteroatoms. The van der Waals surface area contributed by atoms with Gasteiger partial charge in [0.2, 0.25) is 15.9 Å². The van der Waals surface area contributed by atoms with Crippen molar-refractivity contribution in [1.82, 2.24) is 18.8 Å². The lowest BCUT2D eigenvalue weighted by molar-refractivity contribution is -0.130. The maximum atomic E-state index is 12.7. The molecule has 0 N–H and O–H groups in total. The Morgan fingerprint density at radius 1 is 1.18 bits per heavy atom. The van der Waals surface area contributed by atoms with Crippen LogP contribution in [-0.2, 0) is 39.1 Å². The smallest absolute Gasteiger partial charge is 0.341 e. The van der Waals surface area contributed by atoms with Gasteiger partial charge in [-0.15, -0.1) is 0 Å². The van der Waals surface area contributed by atoms with Crippen molar-refractivity contribution in [2.75, 3.05) is 28.3 Å². The minimum absolute atomic E-state index is 0.112. The van der Waals surface area contributed by atoms with E-state index in [0.717, 1.165) is 9.82 Å². The highest BCUT2D eigenvalue weighted by Gasteiger charge is 2.21. The molecule has 1 aromatic carbocycles. The first-order valence-corrected chi connectivity index (χ1v) is 12.3. The molecule has 2 aromatic heterocycles. The van der Waals surface area contributed by atoms with E-state index in [-0.39, 0.29) is 23.8 Å². The summed E-state index contributed by atoms with van der Waals surface area (Å²) in [5.74, 6) is 1.04. The van der Waals surface area contributed by atoms with E-state index in [1.165, 1.54) is 26.1 Å². The van der Waals surface area contributed by atoms with E-state index in [0.29, 0.717) is 41.4 Å². The predicted molar refractivity (Wildman–Crippen MR) is 126 cm³/mol. The Morgan fingerprint density at radius 3 is 2.50 bits per heavy atom. The van der Waals surface area contributed by atoms with Crippen LogP contribution >= 0.6 is 0 Å². The molecule has 184 valence electrons. The van der Waals surface area contributed by atoms with Gasteiger partial charge < -0.3 is 18.6 Å². The zero-order chi connectivity index (χ0) is 25.2. The highest BCUT2D eigenvalue weighted by molar-refractivity contribution is 7.89. The van der Waals surface area contributed by atoms with Crippen LogP contribution in [0.2, 0.25) is 0 Å². The third-order valence-electron chi connectivity index (χ3n) is 5.65. The van der Waals surface area contributed by atoms with Gasteiger partial charge in [-0.05, 0) is 38.1 Å². The third-order valence-corrected chi connectivity index (χ3v) is 7.46. The van der Waals surface area contributed by atoms with Crippen LogP contribution in [0.15, 0.2) is 33.6 Å². The Labute approximate surface area is 199 Å². The number of hydrogen-bond donors (Lipinski definition) is 0. The summed E-state index contributed by atoms with van der Waals surface area (Å²) in [6.07, 6.45) is 0.609. The van der Waals surface area contributed by atoms with Gasteiger partial charge in [0.25, 0.3) is 0 Å². The molecular formula is C23H30N4O6S. The lowest BCUT2D eigenvalue weighted by atomic mass is 10.2. The fraction of sp³-hybridized carbons (Fsp3) is 0.435. The fourth-order valence-corrected chi connectivity index (χ4v) is 4.66. The molecule has 0 fully saturated rings. The first-order valence-electron chi connectivity index (χ1n) is 10.8. The van der Waals surface area contributed by atoms with Gasteiger partial charge in [-0.25, -0.2) is 22.5 Å². The maximum Gasteiger partial charge on any atom is 0.341 e. The minimum atomic E-state index is -3.57. The number of rotatable bonds is 9. The normalized spacial score (nSPS) is 11.9. The molecular weight excluding hydrogens is 460 g/mol. The number of hydrogen-bond acceptors (Lipinski definition) is 7. The second kappa shape index (κ2) is 9.98. The maximum absolute atomic E-state index is 12.7. The van der Waals surface area contributed by atoms with Crippen molar-refractivity contribution < 1.29 is 27.2 Å². The topological polar surface area (TPSA) is 115 Å². The molecule has 0 unspecified atom stereocenters. The molecule has 3 rings (SSSR count). The van der Waals surface area contributed by atoms with E-state index in [9.17, 15) is 18.0 Å². The Bertz CT molecular complexity index is 1320. The number of aromatic nitrogens is 2. The van der Waals surface area contributed by atoms with Crippen molar-refractivity contribution in [3.05, 3.63) is 47.2 Å². The number of carbonyl (C=O) groups is 2. The van der Waals surface area contributed by atoms with E-state index in [2.05, 4.69) is 4.98 Å². The number of esters is 1.